The fourth-order valence-corrected chi connectivity index (χ4v) is 1.91. The summed E-state index contributed by atoms with van der Waals surface area (Å²) in [4.78, 5) is 2.54. The SMILES string of the molecule is CNC(=S)NCC(C)CN1CCCC1. The molecule has 1 fully saturated rings. The van der Waals surface area contributed by atoms with Crippen LogP contribution in [0.1, 0.15) is 19.8 Å². The average Bonchev–Trinajstić information content (AvgIpc) is 2.66. The standard InChI is InChI=1S/C10H21N3S/c1-9(7-12-10(14)11-2)8-13-5-3-4-6-13/h9H,3-8H2,1-2H3,(H2,11,12,14). The van der Waals surface area contributed by atoms with Crippen molar-refractivity contribution in [3.8, 4) is 0 Å². The molecule has 0 aromatic heterocycles. The zero-order valence-corrected chi connectivity index (χ0v) is 9.99. The molecule has 1 rings (SSSR count). The second-order valence-corrected chi connectivity index (χ2v) is 4.48. The highest BCUT2D eigenvalue weighted by atomic mass is 32.1. The summed E-state index contributed by atoms with van der Waals surface area (Å²) >= 11 is 5.02. The van der Waals surface area contributed by atoms with E-state index in [1.165, 1.54) is 32.5 Å². The van der Waals surface area contributed by atoms with Gasteiger partial charge in [-0.05, 0) is 44.1 Å². The third-order valence-corrected chi connectivity index (χ3v) is 2.96. The molecular formula is C10H21N3S. The van der Waals surface area contributed by atoms with Crippen molar-refractivity contribution >= 4 is 17.3 Å². The summed E-state index contributed by atoms with van der Waals surface area (Å²) in [6, 6.07) is 0. The Kier molecular flexibility index (Phi) is 5.19. The van der Waals surface area contributed by atoms with Crippen molar-refractivity contribution < 1.29 is 0 Å². The first-order valence-corrected chi connectivity index (χ1v) is 5.81. The number of thiocarbonyl (C=S) groups is 1. The molecule has 3 nitrogen and oxygen atoms in total. The van der Waals surface area contributed by atoms with Gasteiger partial charge >= 0.3 is 0 Å². The minimum Gasteiger partial charge on any atom is -0.366 e. The van der Waals surface area contributed by atoms with Crippen LogP contribution in [-0.2, 0) is 0 Å². The fraction of sp³-hybridized carbons (Fsp3) is 0.900. The first-order chi connectivity index (χ1) is 6.72. The topological polar surface area (TPSA) is 27.3 Å². The van der Waals surface area contributed by atoms with Crippen LogP contribution in [-0.4, -0.2) is 43.2 Å². The molecule has 0 amide bonds. The molecule has 1 atom stereocenters. The van der Waals surface area contributed by atoms with Gasteiger partial charge in [0.15, 0.2) is 5.11 Å². The van der Waals surface area contributed by atoms with Crippen molar-refractivity contribution in [2.24, 2.45) is 5.92 Å². The zero-order valence-electron chi connectivity index (χ0n) is 9.18. The van der Waals surface area contributed by atoms with Gasteiger partial charge in [0, 0.05) is 20.1 Å². The van der Waals surface area contributed by atoms with Gasteiger partial charge in [-0.3, -0.25) is 0 Å². The van der Waals surface area contributed by atoms with Gasteiger partial charge < -0.3 is 15.5 Å². The number of nitrogens with zero attached hydrogens (tertiary/aromatic N) is 1. The monoisotopic (exact) mass is 215 g/mol. The number of hydrogen-bond acceptors (Lipinski definition) is 2. The van der Waals surface area contributed by atoms with Gasteiger partial charge in [0.25, 0.3) is 0 Å². The molecule has 0 aliphatic carbocycles. The van der Waals surface area contributed by atoms with E-state index in [0.717, 1.165) is 11.7 Å². The van der Waals surface area contributed by atoms with Crippen LogP contribution in [0.15, 0.2) is 0 Å². The highest BCUT2D eigenvalue weighted by Gasteiger charge is 2.14. The van der Waals surface area contributed by atoms with Crippen molar-refractivity contribution in [3.63, 3.8) is 0 Å². The lowest BCUT2D eigenvalue weighted by molar-refractivity contribution is 0.288. The third-order valence-electron chi connectivity index (χ3n) is 2.61. The first-order valence-electron chi connectivity index (χ1n) is 5.40. The quantitative estimate of drug-likeness (QED) is 0.679. The largest absolute Gasteiger partial charge is 0.366 e. The van der Waals surface area contributed by atoms with Crippen LogP contribution in [0.4, 0.5) is 0 Å². The van der Waals surface area contributed by atoms with Crippen molar-refractivity contribution in [2.75, 3.05) is 33.2 Å². The van der Waals surface area contributed by atoms with Crippen LogP contribution < -0.4 is 10.6 Å². The smallest absolute Gasteiger partial charge is 0.166 e. The van der Waals surface area contributed by atoms with Crippen LogP contribution in [0.5, 0.6) is 0 Å². The summed E-state index contributed by atoms with van der Waals surface area (Å²) in [5, 5.41) is 6.87. The Labute approximate surface area is 92.2 Å². The van der Waals surface area contributed by atoms with Crippen molar-refractivity contribution in [1.82, 2.24) is 15.5 Å². The van der Waals surface area contributed by atoms with Crippen molar-refractivity contribution in [2.45, 2.75) is 19.8 Å². The van der Waals surface area contributed by atoms with E-state index in [-0.39, 0.29) is 0 Å². The normalized spacial score (nSPS) is 19.3. The Hall–Kier alpha value is -0.350. The Morgan fingerprint density at radius 1 is 1.43 bits per heavy atom. The van der Waals surface area contributed by atoms with Gasteiger partial charge in [-0.15, -0.1) is 0 Å². The molecular weight excluding hydrogens is 194 g/mol. The van der Waals surface area contributed by atoms with Crippen LogP contribution in [0.25, 0.3) is 0 Å². The van der Waals surface area contributed by atoms with E-state index in [9.17, 15) is 0 Å². The summed E-state index contributed by atoms with van der Waals surface area (Å²) < 4.78 is 0. The highest BCUT2D eigenvalue weighted by molar-refractivity contribution is 7.80. The van der Waals surface area contributed by atoms with Crippen LogP contribution in [0.2, 0.25) is 0 Å². The van der Waals surface area contributed by atoms with E-state index in [0.29, 0.717) is 5.92 Å². The van der Waals surface area contributed by atoms with Gasteiger partial charge in [-0.1, -0.05) is 6.92 Å². The molecule has 1 saturated heterocycles. The molecule has 4 heteroatoms. The predicted octanol–water partition coefficient (Wildman–Crippen LogP) is 0.812. The molecule has 1 aliphatic rings. The maximum atomic E-state index is 5.02. The minimum absolute atomic E-state index is 0.666. The van der Waals surface area contributed by atoms with Gasteiger partial charge in [0.2, 0.25) is 0 Å². The van der Waals surface area contributed by atoms with E-state index in [2.05, 4.69) is 22.5 Å². The number of nitrogens with one attached hydrogen (secondary N) is 2. The molecule has 2 N–H and O–H groups in total. The molecule has 14 heavy (non-hydrogen) atoms. The molecule has 0 spiro atoms. The first kappa shape index (κ1) is 11.7. The Morgan fingerprint density at radius 2 is 2.07 bits per heavy atom. The number of hydrogen-bond donors (Lipinski definition) is 2. The minimum atomic E-state index is 0.666. The molecule has 1 aliphatic heterocycles. The lowest BCUT2D eigenvalue weighted by Crippen LogP contribution is -2.38. The summed E-state index contributed by atoms with van der Waals surface area (Å²) in [6.45, 7) is 6.99. The third kappa shape index (κ3) is 4.24. The van der Waals surface area contributed by atoms with Crippen molar-refractivity contribution in [3.05, 3.63) is 0 Å². The van der Waals surface area contributed by atoms with E-state index in [4.69, 9.17) is 12.2 Å². The van der Waals surface area contributed by atoms with Crippen LogP contribution in [0, 0.1) is 5.92 Å². The average molecular weight is 215 g/mol. The van der Waals surface area contributed by atoms with Crippen LogP contribution in [0.3, 0.4) is 0 Å². The fourth-order valence-electron chi connectivity index (χ4n) is 1.83. The summed E-state index contributed by atoms with van der Waals surface area (Å²) in [7, 11) is 1.85. The van der Waals surface area contributed by atoms with Gasteiger partial charge in [0.1, 0.15) is 0 Å². The highest BCUT2D eigenvalue weighted by Crippen LogP contribution is 2.09. The molecule has 0 radical (unpaired) electrons. The molecule has 1 heterocycles. The molecule has 1 unspecified atom stereocenters. The maximum absolute atomic E-state index is 5.02. The van der Waals surface area contributed by atoms with E-state index in [1.54, 1.807) is 0 Å². The summed E-state index contributed by atoms with van der Waals surface area (Å²) in [5.41, 5.74) is 0. The zero-order chi connectivity index (χ0) is 10.4. The summed E-state index contributed by atoms with van der Waals surface area (Å²) in [6.07, 6.45) is 2.74. The van der Waals surface area contributed by atoms with Crippen molar-refractivity contribution in [1.29, 1.82) is 0 Å². The Balaban J connectivity index is 2.08. The molecule has 0 bridgehead atoms. The van der Waals surface area contributed by atoms with E-state index in [1.807, 2.05) is 7.05 Å². The lowest BCUT2D eigenvalue weighted by atomic mass is 10.1. The second kappa shape index (κ2) is 6.19. The Morgan fingerprint density at radius 3 is 2.64 bits per heavy atom. The van der Waals surface area contributed by atoms with Gasteiger partial charge in [0.05, 0.1) is 0 Å². The maximum Gasteiger partial charge on any atom is 0.166 e. The second-order valence-electron chi connectivity index (χ2n) is 4.07. The molecule has 0 saturated carbocycles. The summed E-state index contributed by atoms with van der Waals surface area (Å²) in [5.74, 6) is 0.666. The van der Waals surface area contributed by atoms with Gasteiger partial charge in [-0.25, -0.2) is 0 Å². The van der Waals surface area contributed by atoms with Gasteiger partial charge in [-0.2, -0.15) is 0 Å². The molecule has 0 aromatic rings. The molecule has 82 valence electrons. The van der Waals surface area contributed by atoms with E-state index < -0.39 is 0 Å². The van der Waals surface area contributed by atoms with Crippen LogP contribution >= 0.6 is 12.2 Å². The molecule has 0 aromatic carbocycles. The van der Waals surface area contributed by atoms with E-state index >= 15 is 0 Å². The number of rotatable bonds is 4. The lowest BCUT2D eigenvalue weighted by Gasteiger charge is -2.20. The predicted molar refractivity (Wildman–Crippen MR) is 64.5 cm³/mol. The Bertz CT molecular complexity index is 178. The number of likely N-dealkylation sites (tertiary alicyclic amines) is 1.